The van der Waals surface area contributed by atoms with Crippen molar-refractivity contribution < 1.29 is 9.47 Å². The van der Waals surface area contributed by atoms with E-state index in [-0.39, 0.29) is 11.5 Å². The second-order valence-electron chi connectivity index (χ2n) is 6.40. The maximum Gasteiger partial charge on any atom is 0.161 e. The van der Waals surface area contributed by atoms with Gasteiger partial charge in [0.15, 0.2) is 11.5 Å². The Kier molecular flexibility index (Phi) is 3.83. The van der Waals surface area contributed by atoms with Crippen molar-refractivity contribution >= 4 is 0 Å². The van der Waals surface area contributed by atoms with Crippen molar-refractivity contribution in [2.45, 2.75) is 25.3 Å². The number of ether oxygens (including phenoxy) is 2. The predicted octanol–water partition coefficient (Wildman–Crippen LogP) is 3.67. The van der Waals surface area contributed by atoms with Crippen LogP contribution in [-0.4, -0.2) is 20.8 Å². The highest BCUT2D eigenvalue weighted by atomic mass is 16.5. The van der Waals surface area contributed by atoms with Gasteiger partial charge in [0.25, 0.3) is 0 Å². The minimum absolute atomic E-state index is 0.0557. The van der Waals surface area contributed by atoms with Crippen molar-refractivity contribution in [2.24, 2.45) is 0 Å². The normalized spacial score (nSPS) is 19.4. The van der Waals surface area contributed by atoms with Gasteiger partial charge in [-0.3, -0.25) is 0 Å². The zero-order valence-corrected chi connectivity index (χ0v) is 13.6. The van der Waals surface area contributed by atoms with E-state index in [9.17, 15) is 0 Å². The first kappa shape index (κ1) is 14.9. The third-order valence-electron chi connectivity index (χ3n) is 4.48. The van der Waals surface area contributed by atoms with Crippen LogP contribution in [0.5, 0.6) is 11.5 Å². The van der Waals surface area contributed by atoms with Crippen molar-refractivity contribution in [3.05, 3.63) is 59.2 Å². The first-order valence-electron chi connectivity index (χ1n) is 7.61. The van der Waals surface area contributed by atoms with Gasteiger partial charge in [-0.05, 0) is 28.8 Å². The first-order chi connectivity index (χ1) is 10.6. The van der Waals surface area contributed by atoms with E-state index in [4.69, 9.17) is 9.47 Å². The van der Waals surface area contributed by atoms with Crippen molar-refractivity contribution in [1.29, 1.82) is 0 Å². The maximum atomic E-state index is 5.50. The van der Waals surface area contributed by atoms with E-state index in [1.54, 1.807) is 14.2 Å². The molecule has 0 aliphatic carbocycles. The van der Waals surface area contributed by atoms with Gasteiger partial charge in [-0.2, -0.15) is 0 Å². The highest BCUT2D eigenvalue weighted by molar-refractivity contribution is 5.54. The molecule has 1 heterocycles. The summed E-state index contributed by atoms with van der Waals surface area (Å²) in [6.45, 7) is 5.44. The molecular formula is C19H23NO2. The van der Waals surface area contributed by atoms with Crippen LogP contribution < -0.4 is 14.8 Å². The van der Waals surface area contributed by atoms with Crippen molar-refractivity contribution in [3.8, 4) is 11.5 Å². The molecule has 22 heavy (non-hydrogen) atoms. The molecule has 2 aromatic rings. The van der Waals surface area contributed by atoms with E-state index in [2.05, 4.69) is 55.6 Å². The van der Waals surface area contributed by atoms with Gasteiger partial charge in [-0.25, -0.2) is 0 Å². The number of hydrogen-bond donors (Lipinski definition) is 1. The molecule has 0 aromatic heterocycles. The second kappa shape index (κ2) is 5.65. The van der Waals surface area contributed by atoms with Gasteiger partial charge in [0.2, 0.25) is 0 Å². The van der Waals surface area contributed by atoms with Gasteiger partial charge in [-0.1, -0.05) is 44.2 Å². The van der Waals surface area contributed by atoms with Crippen LogP contribution >= 0.6 is 0 Å². The van der Waals surface area contributed by atoms with E-state index in [0.29, 0.717) is 0 Å². The summed E-state index contributed by atoms with van der Waals surface area (Å²) >= 11 is 0. The second-order valence-corrected chi connectivity index (χ2v) is 6.40. The maximum absolute atomic E-state index is 5.50. The molecule has 0 saturated carbocycles. The van der Waals surface area contributed by atoms with E-state index < -0.39 is 0 Å². The van der Waals surface area contributed by atoms with Crippen LogP contribution in [0.25, 0.3) is 0 Å². The lowest BCUT2D eigenvalue weighted by Gasteiger charge is -2.38. The summed E-state index contributed by atoms with van der Waals surface area (Å²) in [6.07, 6.45) is 0. The Labute approximate surface area is 132 Å². The Morgan fingerprint density at radius 3 is 2.27 bits per heavy atom. The molecule has 1 aliphatic heterocycles. The van der Waals surface area contributed by atoms with Crippen LogP contribution in [0.15, 0.2) is 42.5 Å². The summed E-state index contributed by atoms with van der Waals surface area (Å²) in [5.74, 6) is 1.57. The van der Waals surface area contributed by atoms with E-state index in [1.807, 2.05) is 6.07 Å². The van der Waals surface area contributed by atoms with E-state index in [0.717, 1.165) is 18.0 Å². The molecule has 0 fully saturated rings. The number of methoxy groups -OCH3 is 2. The third-order valence-corrected chi connectivity index (χ3v) is 4.48. The molecular weight excluding hydrogens is 274 g/mol. The SMILES string of the molecule is COc1cc2c(cc1OC)C(C)(C)CNC2c1ccccc1. The number of benzene rings is 2. The molecule has 1 atom stereocenters. The Morgan fingerprint density at radius 2 is 1.64 bits per heavy atom. The zero-order chi connectivity index (χ0) is 15.7. The van der Waals surface area contributed by atoms with Crippen LogP contribution in [0.2, 0.25) is 0 Å². The molecule has 0 spiro atoms. The summed E-state index contributed by atoms with van der Waals surface area (Å²) in [6, 6.07) is 15.0. The van der Waals surface area contributed by atoms with Crippen molar-refractivity contribution in [2.75, 3.05) is 20.8 Å². The Morgan fingerprint density at radius 1 is 1.00 bits per heavy atom. The molecule has 3 nitrogen and oxygen atoms in total. The topological polar surface area (TPSA) is 30.5 Å². The summed E-state index contributed by atoms with van der Waals surface area (Å²) in [5, 5.41) is 3.67. The molecule has 3 heteroatoms. The monoisotopic (exact) mass is 297 g/mol. The number of hydrogen-bond acceptors (Lipinski definition) is 3. The Balaban J connectivity index is 2.17. The molecule has 116 valence electrons. The fourth-order valence-corrected chi connectivity index (χ4v) is 3.22. The summed E-state index contributed by atoms with van der Waals surface area (Å²) < 4.78 is 11.0. The van der Waals surface area contributed by atoms with Crippen molar-refractivity contribution in [3.63, 3.8) is 0 Å². The lowest BCUT2D eigenvalue weighted by molar-refractivity contribution is 0.346. The molecule has 0 saturated heterocycles. The quantitative estimate of drug-likeness (QED) is 0.937. The standard InChI is InChI=1S/C19H23NO2/c1-19(2)12-20-18(13-8-6-5-7-9-13)14-10-16(21-3)17(22-4)11-15(14)19/h5-11,18,20H,12H2,1-4H3. The lowest BCUT2D eigenvalue weighted by Crippen LogP contribution is -2.42. The number of rotatable bonds is 3. The van der Waals surface area contributed by atoms with Crippen LogP contribution in [0.1, 0.15) is 36.6 Å². The van der Waals surface area contributed by atoms with Crippen LogP contribution in [0.4, 0.5) is 0 Å². The van der Waals surface area contributed by atoms with E-state index >= 15 is 0 Å². The number of fused-ring (bicyclic) bond motifs is 1. The summed E-state index contributed by atoms with van der Waals surface area (Å²) in [7, 11) is 3.37. The largest absolute Gasteiger partial charge is 0.493 e. The van der Waals surface area contributed by atoms with Gasteiger partial charge >= 0.3 is 0 Å². The molecule has 0 bridgehead atoms. The number of nitrogens with one attached hydrogen (secondary N) is 1. The molecule has 1 unspecified atom stereocenters. The molecule has 2 aromatic carbocycles. The average molecular weight is 297 g/mol. The average Bonchev–Trinajstić information content (AvgIpc) is 2.54. The van der Waals surface area contributed by atoms with Gasteiger partial charge in [0.1, 0.15) is 0 Å². The van der Waals surface area contributed by atoms with Gasteiger partial charge < -0.3 is 14.8 Å². The fourth-order valence-electron chi connectivity index (χ4n) is 3.22. The van der Waals surface area contributed by atoms with Crippen LogP contribution in [0, 0.1) is 0 Å². The molecule has 3 rings (SSSR count). The summed E-state index contributed by atoms with van der Waals surface area (Å²) in [4.78, 5) is 0. The zero-order valence-electron chi connectivity index (χ0n) is 13.6. The van der Waals surface area contributed by atoms with Gasteiger partial charge in [-0.15, -0.1) is 0 Å². The molecule has 1 N–H and O–H groups in total. The molecule has 0 amide bonds. The van der Waals surface area contributed by atoms with Crippen molar-refractivity contribution in [1.82, 2.24) is 5.32 Å². The Bertz CT molecular complexity index is 665. The molecule has 0 radical (unpaired) electrons. The highest BCUT2D eigenvalue weighted by Gasteiger charge is 2.34. The van der Waals surface area contributed by atoms with Gasteiger partial charge in [0.05, 0.1) is 20.3 Å². The minimum Gasteiger partial charge on any atom is -0.493 e. The fraction of sp³-hybridized carbons (Fsp3) is 0.368. The van der Waals surface area contributed by atoms with Crippen LogP contribution in [0.3, 0.4) is 0 Å². The predicted molar refractivity (Wildman–Crippen MR) is 88.9 cm³/mol. The first-order valence-corrected chi connectivity index (χ1v) is 7.61. The van der Waals surface area contributed by atoms with Gasteiger partial charge in [0, 0.05) is 12.0 Å². The minimum atomic E-state index is 0.0557. The highest BCUT2D eigenvalue weighted by Crippen LogP contribution is 2.42. The smallest absolute Gasteiger partial charge is 0.161 e. The third kappa shape index (κ3) is 2.46. The molecule has 1 aliphatic rings. The van der Waals surface area contributed by atoms with Crippen LogP contribution in [-0.2, 0) is 5.41 Å². The Hall–Kier alpha value is -2.00. The summed E-state index contributed by atoms with van der Waals surface area (Å²) in [5.41, 5.74) is 3.91. The van der Waals surface area contributed by atoms with E-state index in [1.165, 1.54) is 16.7 Å². The lowest BCUT2D eigenvalue weighted by atomic mass is 9.75.